The van der Waals surface area contributed by atoms with Gasteiger partial charge in [0.2, 0.25) is 0 Å². The Morgan fingerprint density at radius 3 is 2.71 bits per heavy atom. The Balaban J connectivity index is 1.90. The van der Waals surface area contributed by atoms with Crippen LogP contribution in [0.4, 0.5) is 19.0 Å². The van der Waals surface area contributed by atoms with Crippen molar-refractivity contribution < 1.29 is 22.6 Å². The van der Waals surface area contributed by atoms with Gasteiger partial charge in [0.1, 0.15) is 11.6 Å². The van der Waals surface area contributed by atoms with Gasteiger partial charge in [-0.3, -0.25) is 0 Å². The molecule has 0 saturated carbocycles. The van der Waals surface area contributed by atoms with E-state index in [9.17, 15) is 13.2 Å². The van der Waals surface area contributed by atoms with Crippen LogP contribution in [-0.2, 0) is 23.8 Å². The Morgan fingerprint density at radius 2 is 2.03 bits per heavy atom. The highest BCUT2D eigenvalue weighted by molar-refractivity contribution is 5.67. The van der Waals surface area contributed by atoms with Crippen LogP contribution >= 0.6 is 0 Å². The summed E-state index contributed by atoms with van der Waals surface area (Å²) in [7, 11) is 1.22. The molecule has 1 aliphatic rings. The summed E-state index contributed by atoms with van der Waals surface area (Å²) in [6, 6.07) is 5.71. The van der Waals surface area contributed by atoms with Gasteiger partial charge in [0.05, 0.1) is 42.5 Å². The summed E-state index contributed by atoms with van der Waals surface area (Å²) in [4.78, 5) is 4.24. The number of hydrogen-bond acceptors (Lipinski definition) is 5. The minimum Gasteiger partial charge on any atom is -0.496 e. The quantitative estimate of drug-likeness (QED) is 0.666. The van der Waals surface area contributed by atoms with Gasteiger partial charge in [-0.1, -0.05) is 0 Å². The normalized spacial score (nSPS) is 16.6. The first-order valence-electron chi connectivity index (χ1n) is 9.89. The zero-order valence-corrected chi connectivity index (χ0v) is 17.5. The van der Waals surface area contributed by atoms with Crippen LogP contribution in [0.3, 0.4) is 0 Å². The van der Waals surface area contributed by atoms with Crippen LogP contribution in [-0.4, -0.2) is 34.6 Å². The monoisotopic (exact) mass is 432 g/mol. The molecule has 3 aromatic rings. The zero-order valence-electron chi connectivity index (χ0n) is 17.5. The molecule has 4 rings (SSSR count). The molecule has 3 heterocycles. The summed E-state index contributed by atoms with van der Waals surface area (Å²) in [6.07, 6.45) is -1.68. The number of benzene rings is 1. The third-order valence-electron chi connectivity index (χ3n) is 5.45. The topological polar surface area (TPSA) is 75.2 Å². The third kappa shape index (κ3) is 3.97. The molecule has 0 fully saturated rings. The highest BCUT2D eigenvalue weighted by Crippen LogP contribution is 2.38. The number of nitrogen functional groups attached to an aromatic ring is 1. The highest BCUT2D eigenvalue weighted by Gasteiger charge is 2.35. The first-order valence-corrected chi connectivity index (χ1v) is 9.89. The fourth-order valence-electron chi connectivity index (χ4n) is 3.86. The minimum atomic E-state index is -4.51. The molecule has 1 atom stereocenters. The maximum atomic E-state index is 13.3. The van der Waals surface area contributed by atoms with E-state index in [1.165, 1.54) is 19.2 Å². The fraction of sp³-hybridized carbons (Fsp3) is 0.364. The molecule has 0 bridgehead atoms. The summed E-state index contributed by atoms with van der Waals surface area (Å²) in [5, 5.41) is 4.79. The van der Waals surface area contributed by atoms with Crippen LogP contribution in [0.2, 0.25) is 0 Å². The number of hydrogen-bond donors (Lipinski definition) is 1. The van der Waals surface area contributed by atoms with Crippen molar-refractivity contribution in [2.45, 2.75) is 39.0 Å². The Hall–Kier alpha value is -3.07. The average molecular weight is 432 g/mol. The molecule has 0 saturated heterocycles. The second kappa shape index (κ2) is 7.88. The summed E-state index contributed by atoms with van der Waals surface area (Å²) in [6.45, 7) is 4.37. The molecular weight excluding hydrogens is 409 g/mol. The number of fused-ring (bicyclic) bond motifs is 1. The number of alkyl halides is 3. The van der Waals surface area contributed by atoms with E-state index < -0.39 is 11.7 Å². The number of halogens is 3. The third-order valence-corrected chi connectivity index (χ3v) is 5.45. The Bertz CT molecular complexity index is 1120. The number of aromatic nitrogens is 3. The zero-order chi connectivity index (χ0) is 22.3. The Labute approximate surface area is 177 Å². The molecule has 0 amide bonds. The molecule has 2 aromatic heterocycles. The lowest BCUT2D eigenvalue weighted by molar-refractivity contribution is -0.138. The molecule has 1 aromatic carbocycles. The highest BCUT2D eigenvalue weighted by atomic mass is 19.4. The summed E-state index contributed by atoms with van der Waals surface area (Å²) in [5.41, 5.74) is 9.77. The van der Waals surface area contributed by atoms with Crippen molar-refractivity contribution in [1.29, 1.82) is 0 Å². The van der Waals surface area contributed by atoms with Crippen molar-refractivity contribution in [1.82, 2.24) is 14.8 Å². The van der Waals surface area contributed by atoms with Crippen molar-refractivity contribution in [2.75, 3.05) is 19.5 Å². The lowest BCUT2D eigenvalue weighted by Crippen LogP contribution is -2.14. The van der Waals surface area contributed by atoms with E-state index in [2.05, 4.69) is 4.98 Å². The lowest BCUT2D eigenvalue weighted by atomic mass is 10.0. The van der Waals surface area contributed by atoms with Crippen molar-refractivity contribution in [3.05, 3.63) is 52.8 Å². The molecule has 1 aliphatic heterocycles. The van der Waals surface area contributed by atoms with E-state index in [1.807, 2.05) is 19.9 Å². The largest absolute Gasteiger partial charge is 0.496 e. The number of aryl methyl sites for hydroxylation is 1. The molecule has 0 radical (unpaired) electrons. The molecular formula is C22H23F3N4O2. The lowest BCUT2D eigenvalue weighted by Gasteiger charge is -2.15. The van der Waals surface area contributed by atoms with Crippen LogP contribution < -0.4 is 10.5 Å². The molecule has 0 spiro atoms. The van der Waals surface area contributed by atoms with Crippen molar-refractivity contribution >= 4 is 5.82 Å². The van der Waals surface area contributed by atoms with Gasteiger partial charge >= 0.3 is 6.18 Å². The molecule has 0 unspecified atom stereocenters. The first-order chi connectivity index (χ1) is 14.7. The van der Waals surface area contributed by atoms with Gasteiger partial charge in [0, 0.05) is 29.8 Å². The first kappa shape index (κ1) is 21.2. The predicted octanol–water partition coefficient (Wildman–Crippen LogP) is 4.36. The molecule has 164 valence electrons. The van der Waals surface area contributed by atoms with E-state index in [0.717, 1.165) is 34.1 Å². The van der Waals surface area contributed by atoms with Crippen molar-refractivity contribution in [2.24, 2.45) is 0 Å². The van der Waals surface area contributed by atoms with E-state index in [1.54, 1.807) is 10.9 Å². The molecule has 2 N–H and O–H groups in total. The maximum absolute atomic E-state index is 13.3. The van der Waals surface area contributed by atoms with Gasteiger partial charge in [-0.2, -0.15) is 18.3 Å². The second-order valence-corrected chi connectivity index (χ2v) is 7.63. The van der Waals surface area contributed by atoms with E-state index in [4.69, 9.17) is 20.3 Å². The molecule has 6 nitrogen and oxygen atoms in total. The number of nitrogens with zero attached hydrogens (tertiary/aromatic N) is 3. The van der Waals surface area contributed by atoms with Crippen LogP contribution in [0.5, 0.6) is 5.75 Å². The smallest absolute Gasteiger partial charge is 0.419 e. The number of ether oxygens (including phenoxy) is 2. The Kier molecular flexibility index (Phi) is 5.38. The van der Waals surface area contributed by atoms with Gasteiger partial charge < -0.3 is 15.2 Å². The SMILES string of the molecule is COc1cc(-n2nc(-c3cnc(N)c(C)c3)c3c2C[C@@H](C)OCC3)ccc1C(F)(F)F. The number of rotatable bonds is 3. The number of pyridine rings is 1. The Morgan fingerprint density at radius 1 is 1.26 bits per heavy atom. The van der Waals surface area contributed by atoms with Gasteiger partial charge in [-0.25, -0.2) is 9.67 Å². The molecule has 9 heteroatoms. The van der Waals surface area contributed by atoms with Gasteiger partial charge in [-0.15, -0.1) is 0 Å². The number of nitrogens with two attached hydrogens (primary N) is 1. The minimum absolute atomic E-state index is 0.0489. The van der Waals surface area contributed by atoms with Gasteiger partial charge in [0.25, 0.3) is 0 Å². The van der Waals surface area contributed by atoms with E-state index >= 15 is 0 Å². The summed E-state index contributed by atoms with van der Waals surface area (Å²) >= 11 is 0. The van der Waals surface area contributed by atoms with Gasteiger partial charge in [-0.05, 0) is 44.0 Å². The number of anilines is 1. The van der Waals surface area contributed by atoms with E-state index in [0.29, 0.717) is 31.0 Å². The standard InChI is InChI=1S/C22H23F3N4O2/c1-12-8-14(11-27-21(12)26)20-16-6-7-31-13(2)9-18(16)29(28-20)15-4-5-17(22(23,24)25)19(10-15)30-3/h4-5,8,10-11,13H,6-7,9H2,1-3H3,(H2,26,27)/t13-/m1/s1. The summed E-state index contributed by atoms with van der Waals surface area (Å²) in [5.74, 6) is 0.192. The summed E-state index contributed by atoms with van der Waals surface area (Å²) < 4.78 is 52.5. The van der Waals surface area contributed by atoms with Crippen LogP contribution in [0.25, 0.3) is 16.9 Å². The maximum Gasteiger partial charge on any atom is 0.419 e. The number of methoxy groups -OCH3 is 1. The predicted molar refractivity (Wildman–Crippen MR) is 110 cm³/mol. The second-order valence-electron chi connectivity index (χ2n) is 7.63. The van der Waals surface area contributed by atoms with Crippen LogP contribution in [0.1, 0.15) is 29.3 Å². The fourth-order valence-corrected chi connectivity index (χ4v) is 3.86. The molecule has 31 heavy (non-hydrogen) atoms. The molecule has 0 aliphatic carbocycles. The average Bonchev–Trinajstić information content (AvgIpc) is 2.95. The van der Waals surface area contributed by atoms with Crippen LogP contribution in [0, 0.1) is 6.92 Å². The van der Waals surface area contributed by atoms with Crippen molar-refractivity contribution in [3.63, 3.8) is 0 Å². The van der Waals surface area contributed by atoms with Crippen molar-refractivity contribution in [3.8, 4) is 22.7 Å². The van der Waals surface area contributed by atoms with E-state index in [-0.39, 0.29) is 11.9 Å². The van der Waals surface area contributed by atoms with Crippen LogP contribution in [0.15, 0.2) is 30.5 Å². The van der Waals surface area contributed by atoms with Gasteiger partial charge in [0.15, 0.2) is 0 Å².